The largest absolute Gasteiger partial charge is 0.379 e. The first-order chi connectivity index (χ1) is 9.19. The van der Waals surface area contributed by atoms with E-state index in [4.69, 9.17) is 0 Å². The summed E-state index contributed by atoms with van der Waals surface area (Å²) in [5, 5.41) is 13.0. The molecule has 3 aromatic rings. The molecule has 0 fully saturated rings. The van der Waals surface area contributed by atoms with E-state index in [9.17, 15) is 5.11 Å². The molecule has 1 aromatic heterocycles. The van der Waals surface area contributed by atoms with Crippen molar-refractivity contribution in [1.82, 2.24) is 4.98 Å². The Kier molecular flexibility index (Phi) is 2.80. The van der Waals surface area contributed by atoms with Crippen LogP contribution in [0.15, 0.2) is 66.9 Å². The first-order valence-corrected chi connectivity index (χ1v) is 6.32. The van der Waals surface area contributed by atoms with Crippen LogP contribution in [-0.4, -0.2) is 10.1 Å². The Morgan fingerprint density at radius 2 is 1.58 bits per heavy atom. The van der Waals surface area contributed by atoms with Gasteiger partial charge in [0.15, 0.2) is 0 Å². The molecule has 1 atom stereocenters. The predicted molar refractivity (Wildman–Crippen MR) is 76.9 cm³/mol. The summed E-state index contributed by atoms with van der Waals surface area (Å²) in [7, 11) is 0. The van der Waals surface area contributed by atoms with Gasteiger partial charge in [0, 0.05) is 11.6 Å². The molecule has 0 radical (unpaired) electrons. The number of fused-ring (bicyclic) bond motifs is 1. The molecule has 0 amide bonds. The van der Waals surface area contributed by atoms with E-state index in [0.29, 0.717) is 5.69 Å². The van der Waals surface area contributed by atoms with E-state index in [1.807, 2.05) is 60.7 Å². The van der Waals surface area contributed by atoms with E-state index in [2.05, 4.69) is 4.98 Å². The van der Waals surface area contributed by atoms with Crippen molar-refractivity contribution in [3.63, 3.8) is 0 Å². The van der Waals surface area contributed by atoms with Crippen molar-refractivity contribution in [1.29, 1.82) is 0 Å². The van der Waals surface area contributed by atoms with Gasteiger partial charge >= 0.3 is 0 Å². The second-order valence-electron chi connectivity index (χ2n) is 4.82. The highest BCUT2D eigenvalue weighted by Crippen LogP contribution is 2.32. The molecular weight excluding hydrogens is 234 g/mol. The molecule has 19 heavy (non-hydrogen) atoms. The molecule has 0 unspecified atom stereocenters. The summed E-state index contributed by atoms with van der Waals surface area (Å²) >= 11 is 0. The maximum absolute atomic E-state index is 10.9. The normalized spacial score (nSPS) is 14.2. The number of pyridine rings is 1. The molecule has 0 bridgehead atoms. The molecule has 0 aliphatic heterocycles. The molecule has 0 spiro atoms. The fourth-order valence-corrected chi connectivity index (χ4v) is 2.41. The fourth-order valence-electron chi connectivity index (χ4n) is 2.41. The lowest BCUT2D eigenvalue weighted by Crippen LogP contribution is -2.24. The molecule has 0 saturated carbocycles. The summed E-state index contributed by atoms with van der Waals surface area (Å²) < 4.78 is 0. The minimum Gasteiger partial charge on any atom is -0.379 e. The van der Waals surface area contributed by atoms with Gasteiger partial charge in [-0.3, -0.25) is 4.98 Å². The van der Waals surface area contributed by atoms with Crippen molar-refractivity contribution in [3.8, 4) is 0 Å². The van der Waals surface area contributed by atoms with E-state index in [-0.39, 0.29) is 0 Å². The zero-order valence-electron chi connectivity index (χ0n) is 10.7. The van der Waals surface area contributed by atoms with Gasteiger partial charge in [0.1, 0.15) is 5.60 Å². The zero-order chi connectivity index (χ0) is 13.3. The Balaban J connectivity index is 2.24. The third kappa shape index (κ3) is 2.00. The zero-order valence-corrected chi connectivity index (χ0v) is 10.7. The Labute approximate surface area is 112 Å². The van der Waals surface area contributed by atoms with Crippen LogP contribution in [0.25, 0.3) is 10.8 Å². The minimum absolute atomic E-state index is 0.691. The fraction of sp³-hybridized carbons (Fsp3) is 0.118. The molecule has 2 aromatic carbocycles. The molecule has 94 valence electrons. The quantitative estimate of drug-likeness (QED) is 0.754. The van der Waals surface area contributed by atoms with Gasteiger partial charge in [-0.2, -0.15) is 0 Å². The lowest BCUT2D eigenvalue weighted by molar-refractivity contribution is 0.0992. The number of rotatable bonds is 2. The number of nitrogens with zero attached hydrogens (tertiary/aromatic N) is 1. The Morgan fingerprint density at radius 1 is 0.895 bits per heavy atom. The van der Waals surface area contributed by atoms with Gasteiger partial charge < -0.3 is 5.11 Å². The van der Waals surface area contributed by atoms with Crippen LogP contribution < -0.4 is 0 Å². The summed E-state index contributed by atoms with van der Waals surface area (Å²) in [6.45, 7) is 1.79. The van der Waals surface area contributed by atoms with Crippen molar-refractivity contribution in [2.45, 2.75) is 12.5 Å². The SMILES string of the molecule is C[C@](O)(c1ccccc1)c1nccc2ccccc12. The number of benzene rings is 2. The van der Waals surface area contributed by atoms with Crippen molar-refractivity contribution >= 4 is 10.8 Å². The second-order valence-corrected chi connectivity index (χ2v) is 4.82. The molecule has 0 aliphatic rings. The molecule has 2 nitrogen and oxygen atoms in total. The van der Waals surface area contributed by atoms with Crippen LogP contribution in [0.3, 0.4) is 0 Å². The van der Waals surface area contributed by atoms with E-state index in [1.54, 1.807) is 13.1 Å². The third-order valence-corrected chi connectivity index (χ3v) is 3.47. The maximum atomic E-state index is 10.9. The summed E-state index contributed by atoms with van der Waals surface area (Å²) in [4.78, 5) is 4.40. The minimum atomic E-state index is -1.10. The molecule has 1 N–H and O–H groups in total. The van der Waals surface area contributed by atoms with Crippen LogP contribution in [0.1, 0.15) is 18.2 Å². The van der Waals surface area contributed by atoms with Crippen LogP contribution >= 0.6 is 0 Å². The first-order valence-electron chi connectivity index (χ1n) is 6.32. The van der Waals surface area contributed by atoms with Crippen LogP contribution in [0, 0.1) is 0 Å². The standard InChI is InChI=1S/C17H15NO/c1-17(19,14-8-3-2-4-9-14)16-15-10-6-5-7-13(15)11-12-18-16/h2-12,19H,1H3/t17-/m0/s1. The smallest absolute Gasteiger partial charge is 0.129 e. The highest BCUT2D eigenvalue weighted by Gasteiger charge is 2.28. The summed E-state index contributed by atoms with van der Waals surface area (Å²) in [5.74, 6) is 0. The van der Waals surface area contributed by atoms with Crippen molar-refractivity contribution in [2.24, 2.45) is 0 Å². The van der Waals surface area contributed by atoms with Crippen molar-refractivity contribution in [2.75, 3.05) is 0 Å². The van der Waals surface area contributed by atoms with Gasteiger partial charge in [-0.1, -0.05) is 54.6 Å². The highest BCUT2D eigenvalue weighted by molar-refractivity contribution is 5.85. The first kappa shape index (κ1) is 11.9. The van der Waals surface area contributed by atoms with Crippen LogP contribution in [0.5, 0.6) is 0 Å². The molecule has 1 heterocycles. The average molecular weight is 249 g/mol. The van der Waals surface area contributed by atoms with E-state index >= 15 is 0 Å². The van der Waals surface area contributed by atoms with Gasteiger partial charge in [-0.05, 0) is 23.9 Å². The van der Waals surface area contributed by atoms with E-state index in [1.165, 1.54) is 0 Å². The van der Waals surface area contributed by atoms with Crippen molar-refractivity contribution in [3.05, 3.63) is 78.1 Å². The summed E-state index contributed by atoms with van der Waals surface area (Å²) in [6, 6.07) is 19.6. The topological polar surface area (TPSA) is 33.1 Å². The van der Waals surface area contributed by atoms with Gasteiger partial charge in [0.2, 0.25) is 0 Å². The van der Waals surface area contributed by atoms with Crippen LogP contribution in [0.4, 0.5) is 0 Å². The average Bonchev–Trinajstić information content (AvgIpc) is 2.47. The van der Waals surface area contributed by atoms with Crippen LogP contribution in [-0.2, 0) is 5.60 Å². The monoisotopic (exact) mass is 249 g/mol. The van der Waals surface area contributed by atoms with E-state index < -0.39 is 5.60 Å². The number of aromatic nitrogens is 1. The van der Waals surface area contributed by atoms with Gasteiger partial charge in [-0.25, -0.2) is 0 Å². The number of hydrogen-bond donors (Lipinski definition) is 1. The second kappa shape index (κ2) is 4.48. The number of aliphatic hydroxyl groups is 1. The van der Waals surface area contributed by atoms with E-state index in [0.717, 1.165) is 16.3 Å². The molecule has 0 saturated heterocycles. The Hall–Kier alpha value is -2.19. The Bertz CT molecular complexity index is 699. The van der Waals surface area contributed by atoms with Gasteiger partial charge in [0.05, 0.1) is 5.69 Å². The summed E-state index contributed by atoms with van der Waals surface area (Å²) in [6.07, 6.45) is 1.75. The number of hydrogen-bond acceptors (Lipinski definition) is 2. The lowest BCUT2D eigenvalue weighted by Gasteiger charge is -2.24. The highest BCUT2D eigenvalue weighted by atomic mass is 16.3. The molecule has 0 aliphatic carbocycles. The third-order valence-electron chi connectivity index (χ3n) is 3.47. The lowest BCUT2D eigenvalue weighted by atomic mass is 9.89. The molecule has 2 heteroatoms. The molecule has 3 rings (SSSR count). The van der Waals surface area contributed by atoms with Gasteiger partial charge in [-0.15, -0.1) is 0 Å². The summed E-state index contributed by atoms with van der Waals surface area (Å²) in [5.41, 5.74) is 0.443. The van der Waals surface area contributed by atoms with Crippen molar-refractivity contribution < 1.29 is 5.11 Å². The maximum Gasteiger partial charge on any atom is 0.129 e. The predicted octanol–water partition coefficient (Wildman–Crippen LogP) is 3.49. The van der Waals surface area contributed by atoms with Crippen LogP contribution in [0.2, 0.25) is 0 Å². The Morgan fingerprint density at radius 3 is 2.37 bits per heavy atom. The van der Waals surface area contributed by atoms with Gasteiger partial charge in [0.25, 0.3) is 0 Å². The molecular formula is C17H15NO.